The second-order valence-corrected chi connectivity index (χ2v) is 5.14. The second kappa shape index (κ2) is 7.87. The zero-order chi connectivity index (χ0) is 17.6. The number of hydrogen-bond donors (Lipinski definition) is 2. The van der Waals surface area contributed by atoms with E-state index in [2.05, 4.69) is 15.4 Å². The van der Waals surface area contributed by atoms with Crippen LogP contribution in [0.2, 0.25) is 0 Å². The number of benzene rings is 2. The summed E-state index contributed by atoms with van der Waals surface area (Å²) >= 11 is 5.15. The molecule has 8 heteroatoms. The molecule has 2 N–H and O–H groups in total. The van der Waals surface area contributed by atoms with Gasteiger partial charge in [-0.3, -0.25) is 0 Å². The minimum atomic E-state index is -4.71. The Labute approximate surface area is 142 Å². The predicted molar refractivity (Wildman–Crippen MR) is 89.2 cm³/mol. The van der Waals surface area contributed by atoms with Crippen molar-refractivity contribution in [3.05, 3.63) is 54.1 Å². The SMILES string of the molecule is COc1ccc(NC(=S)NCc2cccc(OC(F)(F)F)c2)cc1. The smallest absolute Gasteiger partial charge is 0.497 e. The summed E-state index contributed by atoms with van der Waals surface area (Å²) in [4.78, 5) is 0. The van der Waals surface area contributed by atoms with Gasteiger partial charge in [0, 0.05) is 12.2 Å². The number of alkyl halides is 3. The van der Waals surface area contributed by atoms with E-state index in [1.807, 2.05) is 0 Å². The fraction of sp³-hybridized carbons (Fsp3) is 0.188. The van der Waals surface area contributed by atoms with Gasteiger partial charge in [-0.05, 0) is 54.2 Å². The zero-order valence-electron chi connectivity index (χ0n) is 12.7. The fourth-order valence-corrected chi connectivity index (χ4v) is 2.07. The number of methoxy groups -OCH3 is 1. The van der Waals surface area contributed by atoms with Gasteiger partial charge in [-0.15, -0.1) is 13.2 Å². The third-order valence-corrected chi connectivity index (χ3v) is 3.18. The molecule has 0 heterocycles. The van der Waals surface area contributed by atoms with Gasteiger partial charge in [-0.1, -0.05) is 12.1 Å². The molecule has 0 atom stereocenters. The topological polar surface area (TPSA) is 42.5 Å². The molecule has 0 saturated carbocycles. The van der Waals surface area contributed by atoms with Gasteiger partial charge in [-0.25, -0.2) is 0 Å². The van der Waals surface area contributed by atoms with Gasteiger partial charge in [0.15, 0.2) is 5.11 Å². The Hall–Kier alpha value is -2.48. The molecule has 0 spiro atoms. The Morgan fingerprint density at radius 1 is 1.08 bits per heavy atom. The van der Waals surface area contributed by atoms with E-state index < -0.39 is 6.36 Å². The van der Waals surface area contributed by atoms with Gasteiger partial charge >= 0.3 is 6.36 Å². The van der Waals surface area contributed by atoms with Crippen LogP contribution >= 0.6 is 12.2 Å². The Bertz CT molecular complexity index is 690. The van der Waals surface area contributed by atoms with Crippen molar-refractivity contribution in [3.8, 4) is 11.5 Å². The van der Waals surface area contributed by atoms with E-state index >= 15 is 0 Å². The van der Waals surface area contributed by atoms with Gasteiger partial charge in [0.25, 0.3) is 0 Å². The molecule has 0 saturated heterocycles. The Morgan fingerprint density at radius 2 is 1.79 bits per heavy atom. The fourth-order valence-electron chi connectivity index (χ4n) is 1.88. The minimum Gasteiger partial charge on any atom is -0.497 e. The molecule has 0 aliphatic rings. The number of anilines is 1. The van der Waals surface area contributed by atoms with Gasteiger partial charge in [0.2, 0.25) is 0 Å². The Balaban J connectivity index is 1.88. The highest BCUT2D eigenvalue weighted by atomic mass is 32.1. The van der Waals surface area contributed by atoms with Crippen LogP contribution in [0.5, 0.6) is 11.5 Å². The maximum absolute atomic E-state index is 12.2. The lowest BCUT2D eigenvalue weighted by molar-refractivity contribution is -0.274. The molecule has 2 aromatic rings. The molecule has 24 heavy (non-hydrogen) atoms. The van der Waals surface area contributed by atoms with Crippen molar-refractivity contribution in [1.29, 1.82) is 0 Å². The van der Waals surface area contributed by atoms with Crippen molar-refractivity contribution < 1.29 is 22.6 Å². The molecule has 0 aromatic heterocycles. The summed E-state index contributed by atoms with van der Waals surface area (Å²) in [5.41, 5.74) is 1.37. The number of thiocarbonyl (C=S) groups is 1. The van der Waals surface area contributed by atoms with Crippen molar-refractivity contribution in [1.82, 2.24) is 5.32 Å². The molecule has 0 unspecified atom stereocenters. The van der Waals surface area contributed by atoms with Gasteiger partial charge in [-0.2, -0.15) is 0 Å². The molecule has 4 nitrogen and oxygen atoms in total. The summed E-state index contributed by atoms with van der Waals surface area (Å²) in [6, 6.07) is 12.9. The summed E-state index contributed by atoms with van der Waals surface area (Å²) in [6.45, 7) is 0.261. The first kappa shape index (κ1) is 17.9. The molecular formula is C16H15F3N2O2S. The second-order valence-electron chi connectivity index (χ2n) is 4.73. The molecule has 0 radical (unpaired) electrons. The average Bonchev–Trinajstić information content (AvgIpc) is 2.52. The number of hydrogen-bond acceptors (Lipinski definition) is 3. The molecule has 0 fully saturated rings. The van der Waals surface area contributed by atoms with E-state index in [1.54, 1.807) is 37.4 Å². The van der Waals surface area contributed by atoms with E-state index in [-0.39, 0.29) is 12.3 Å². The van der Waals surface area contributed by atoms with Gasteiger partial charge < -0.3 is 20.1 Å². The molecule has 2 aromatic carbocycles. The van der Waals surface area contributed by atoms with Gasteiger partial charge in [0.05, 0.1) is 7.11 Å². The van der Waals surface area contributed by atoms with Crippen molar-refractivity contribution in [2.75, 3.05) is 12.4 Å². The van der Waals surface area contributed by atoms with Gasteiger partial charge in [0.1, 0.15) is 11.5 Å². The van der Waals surface area contributed by atoms with Crippen LogP contribution in [0.25, 0.3) is 0 Å². The summed E-state index contributed by atoms with van der Waals surface area (Å²) in [7, 11) is 1.57. The van der Waals surface area contributed by atoms with Crippen LogP contribution in [-0.2, 0) is 6.54 Å². The molecule has 2 rings (SSSR count). The predicted octanol–water partition coefficient (Wildman–Crippen LogP) is 4.08. The van der Waals surface area contributed by atoms with E-state index in [1.165, 1.54) is 18.2 Å². The molecule has 0 aliphatic heterocycles. The van der Waals surface area contributed by atoms with Crippen LogP contribution in [-0.4, -0.2) is 18.6 Å². The van der Waals surface area contributed by atoms with E-state index in [9.17, 15) is 13.2 Å². The lowest BCUT2D eigenvalue weighted by atomic mass is 10.2. The monoisotopic (exact) mass is 356 g/mol. The molecule has 0 bridgehead atoms. The normalized spacial score (nSPS) is 10.8. The lowest BCUT2D eigenvalue weighted by Gasteiger charge is -2.12. The first-order chi connectivity index (χ1) is 11.4. The van der Waals surface area contributed by atoms with Crippen LogP contribution in [0.4, 0.5) is 18.9 Å². The summed E-state index contributed by atoms with van der Waals surface area (Å²) in [6.07, 6.45) is -4.71. The van der Waals surface area contributed by atoms with E-state index in [4.69, 9.17) is 17.0 Å². The van der Waals surface area contributed by atoms with Crippen LogP contribution in [0.15, 0.2) is 48.5 Å². The largest absolute Gasteiger partial charge is 0.573 e. The standard InChI is InChI=1S/C16H15F3N2O2S/c1-22-13-7-5-12(6-8-13)21-15(24)20-10-11-3-2-4-14(9-11)23-16(17,18)19/h2-9H,10H2,1H3,(H2,20,21,24). The third kappa shape index (κ3) is 5.96. The summed E-state index contributed by atoms with van der Waals surface area (Å²) < 4.78 is 45.6. The highest BCUT2D eigenvalue weighted by molar-refractivity contribution is 7.80. The lowest BCUT2D eigenvalue weighted by Crippen LogP contribution is -2.27. The molecule has 128 valence electrons. The summed E-state index contributed by atoms with van der Waals surface area (Å²) in [5, 5.41) is 6.24. The number of rotatable bonds is 5. The first-order valence-electron chi connectivity index (χ1n) is 6.89. The average molecular weight is 356 g/mol. The molecule has 0 aliphatic carbocycles. The Morgan fingerprint density at radius 3 is 2.42 bits per heavy atom. The van der Waals surface area contributed by atoms with Crippen LogP contribution < -0.4 is 20.1 Å². The minimum absolute atomic E-state index is 0.261. The van der Waals surface area contributed by atoms with E-state index in [0.29, 0.717) is 10.7 Å². The number of halogens is 3. The molecular weight excluding hydrogens is 341 g/mol. The van der Waals surface area contributed by atoms with Crippen molar-refractivity contribution in [3.63, 3.8) is 0 Å². The van der Waals surface area contributed by atoms with Crippen LogP contribution in [0, 0.1) is 0 Å². The van der Waals surface area contributed by atoms with Crippen molar-refractivity contribution >= 4 is 23.0 Å². The number of ether oxygens (including phenoxy) is 2. The quantitative estimate of drug-likeness (QED) is 0.790. The zero-order valence-corrected chi connectivity index (χ0v) is 13.5. The van der Waals surface area contributed by atoms with Crippen LogP contribution in [0.3, 0.4) is 0 Å². The maximum atomic E-state index is 12.2. The first-order valence-corrected chi connectivity index (χ1v) is 7.30. The highest BCUT2D eigenvalue weighted by Crippen LogP contribution is 2.23. The van der Waals surface area contributed by atoms with E-state index in [0.717, 1.165) is 11.4 Å². The summed E-state index contributed by atoms with van der Waals surface area (Å²) in [5.74, 6) is 0.455. The van der Waals surface area contributed by atoms with Crippen molar-refractivity contribution in [2.45, 2.75) is 12.9 Å². The molecule has 0 amide bonds. The van der Waals surface area contributed by atoms with Crippen LogP contribution in [0.1, 0.15) is 5.56 Å². The Kier molecular flexibility index (Phi) is 5.86. The highest BCUT2D eigenvalue weighted by Gasteiger charge is 2.31. The maximum Gasteiger partial charge on any atom is 0.573 e. The number of nitrogens with one attached hydrogen (secondary N) is 2. The van der Waals surface area contributed by atoms with Crippen molar-refractivity contribution in [2.24, 2.45) is 0 Å². The third-order valence-electron chi connectivity index (χ3n) is 2.93.